The van der Waals surface area contributed by atoms with E-state index in [2.05, 4.69) is 41.7 Å². The number of hydrogen-bond acceptors (Lipinski definition) is 6. The standard InChI is InChI=1S/C26H27BrN2O5S/c1-5-11-34-24-20(27)12-17(13-21(24)33-6-2)14-22-25(31)29(26(32)35-22)15-23(30)28-19-9-7-18(8-10-19)16(3)4/h5,7-10,12-14,16H,1,6,11,15H2,2-4H3,(H,28,30)/b22-14+. The molecule has 3 amide bonds. The lowest BCUT2D eigenvalue weighted by Crippen LogP contribution is -2.36. The van der Waals surface area contributed by atoms with Gasteiger partial charge in [0.15, 0.2) is 11.5 Å². The fourth-order valence-electron chi connectivity index (χ4n) is 3.30. The van der Waals surface area contributed by atoms with E-state index in [-0.39, 0.29) is 11.4 Å². The second-order valence-electron chi connectivity index (χ2n) is 7.96. The number of imide groups is 1. The van der Waals surface area contributed by atoms with Crippen LogP contribution in [0.4, 0.5) is 10.5 Å². The number of rotatable bonds is 10. The Balaban J connectivity index is 1.73. The number of carbonyl (C=O) groups excluding carboxylic acids is 3. The molecular formula is C26H27BrN2O5S. The van der Waals surface area contributed by atoms with Crippen LogP contribution >= 0.6 is 27.7 Å². The molecule has 0 bridgehead atoms. The van der Waals surface area contributed by atoms with Crippen molar-refractivity contribution in [3.8, 4) is 11.5 Å². The molecule has 0 radical (unpaired) electrons. The van der Waals surface area contributed by atoms with E-state index in [1.807, 2.05) is 19.1 Å². The zero-order chi connectivity index (χ0) is 25.5. The first kappa shape index (κ1) is 26.6. The molecule has 0 aromatic heterocycles. The number of amides is 3. The van der Waals surface area contributed by atoms with Crippen LogP contribution in [0.1, 0.15) is 37.8 Å². The summed E-state index contributed by atoms with van der Waals surface area (Å²) in [5.41, 5.74) is 2.40. The number of nitrogens with zero attached hydrogens (tertiary/aromatic N) is 1. The molecule has 35 heavy (non-hydrogen) atoms. The summed E-state index contributed by atoms with van der Waals surface area (Å²) < 4.78 is 12.0. The monoisotopic (exact) mass is 558 g/mol. The second-order valence-corrected chi connectivity index (χ2v) is 9.80. The number of nitrogens with one attached hydrogen (secondary N) is 1. The van der Waals surface area contributed by atoms with E-state index in [1.165, 1.54) is 0 Å². The van der Waals surface area contributed by atoms with Gasteiger partial charge >= 0.3 is 0 Å². The number of anilines is 1. The van der Waals surface area contributed by atoms with Crippen LogP contribution in [0.5, 0.6) is 11.5 Å². The summed E-state index contributed by atoms with van der Waals surface area (Å²) in [6.45, 7) is 10.0. The molecule has 2 aromatic rings. The lowest BCUT2D eigenvalue weighted by molar-refractivity contribution is -0.127. The van der Waals surface area contributed by atoms with E-state index in [0.29, 0.717) is 46.4 Å². The van der Waals surface area contributed by atoms with Crippen LogP contribution in [0.15, 0.2) is 58.4 Å². The Labute approximate surface area is 217 Å². The van der Waals surface area contributed by atoms with Crippen molar-refractivity contribution in [2.45, 2.75) is 26.7 Å². The smallest absolute Gasteiger partial charge is 0.294 e. The number of ether oxygens (including phenoxy) is 2. The van der Waals surface area contributed by atoms with E-state index in [0.717, 1.165) is 22.2 Å². The average Bonchev–Trinajstić information content (AvgIpc) is 3.06. The van der Waals surface area contributed by atoms with E-state index < -0.39 is 17.1 Å². The number of carbonyl (C=O) groups is 3. The lowest BCUT2D eigenvalue weighted by atomic mass is 10.0. The summed E-state index contributed by atoms with van der Waals surface area (Å²) in [6.07, 6.45) is 3.22. The van der Waals surface area contributed by atoms with Crippen LogP contribution in [-0.2, 0) is 9.59 Å². The van der Waals surface area contributed by atoms with Crippen LogP contribution in [0.25, 0.3) is 6.08 Å². The molecule has 0 unspecified atom stereocenters. The van der Waals surface area contributed by atoms with E-state index in [4.69, 9.17) is 9.47 Å². The summed E-state index contributed by atoms with van der Waals surface area (Å²) in [4.78, 5) is 39.0. The number of hydrogen-bond donors (Lipinski definition) is 1. The highest BCUT2D eigenvalue weighted by Gasteiger charge is 2.36. The molecule has 1 N–H and O–H groups in total. The molecule has 1 fully saturated rings. The predicted molar refractivity (Wildman–Crippen MR) is 143 cm³/mol. The third-order valence-electron chi connectivity index (χ3n) is 5.01. The molecule has 1 saturated heterocycles. The quantitative estimate of drug-likeness (QED) is 0.275. The molecule has 2 aromatic carbocycles. The van der Waals surface area contributed by atoms with Crippen LogP contribution < -0.4 is 14.8 Å². The Bertz CT molecular complexity index is 1160. The van der Waals surface area contributed by atoms with Crippen molar-refractivity contribution in [1.82, 2.24) is 4.90 Å². The molecule has 1 aliphatic rings. The van der Waals surface area contributed by atoms with Crippen LogP contribution in [0.3, 0.4) is 0 Å². The van der Waals surface area contributed by atoms with E-state index in [9.17, 15) is 14.4 Å². The Hall–Kier alpha value is -3.04. The Morgan fingerprint density at radius 1 is 1.20 bits per heavy atom. The summed E-state index contributed by atoms with van der Waals surface area (Å²) in [7, 11) is 0. The van der Waals surface area contributed by atoms with Crippen molar-refractivity contribution in [3.05, 3.63) is 69.6 Å². The minimum atomic E-state index is -0.522. The lowest BCUT2D eigenvalue weighted by Gasteiger charge is -2.14. The van der Waals surface area contributed by atoms with Gasteiger partial charge in [-0.15, -0.1) is 0 Å². The Kier molecular flexibility index (Phi) is 9.17. The number of halogens is 1. The highest BCUT2D eigenvalue weighted by atomic mass is 79.9. The number of thioether (sulfide) groups is 1. The summed E-state index contributed by atoms with van der Waals surface area (Å²) in [5.74, 6) is 0.428. The van der Waals surface area contributed by atoms with E-state index in [1.54, 1.807) is 36.4 Å². The van der Waals surface area contributed by atoms with Crippen LogP contribution in [0, 0.1) is 0 Å². The van der Waals surface area contributed by atoms with Gasteiger partial charge in [-0.1, -0.05) is 38.6 Å². The molecule has 0 saturated carbocycles. The Morgan fingerprint density at radius 2 is 1.91 bits per heavy atom. The normalized spacial score (nSPS) is 14.5. The van der Waals surface area contributed by atoms with Gasteiger partial charge in [0.05, 0.1) is 16.0 Å². The average molecular weight is 559 g/mol. The minimum Gasteiger partial charge on any atom is -0.490 e. The summed E-state index contributed by atoms with van der Waals surface area (Å²) in [5, 5.41) is 2.24. The van der Waals surface area contributed by atoms with Crippen molar-refractivity contribution in [2.24, 2.45) is 0 Å². The van der Waals surface area contributed by atoms with Gasteiger partial charge in [-0.3, -0.25) is 19.3 Å². The van der Waals surface area contributed by atoms with Crippen molar-refractivity contribution < 1.29 is 23.9 Å². The van der Waals surface area contributed by atoms with Gasteiger partial charge in [0, 0.05) is 5.69 Å². The molecule has 1 heterocycles. The number of benzene rings is 2. The maximum Gasteiger partial charge on any atom is 0.294 e. The van der Waals surface area contributed by atoms with Gasteiger partial charge in [0.25, 0.3) is 11.1 Å². The fourth-order valence-corrected chi connectivity index (χ4v) is 4.71. The molecule has 0 atom stereocenters. The van der Waals surface area contributed by atoms with Gasteiger partial charge in [0.1, 0.15) is 13.2 Å². The largest absolute Gasteiger partial charge is 0.490 e. The first-order valence-corrected chi connectivity index (χ1v) is 12.7. The molecule has 0 aliphatic carbocycles. The molecule has 9 heteroatoms. The first-order valence-electron chi connectivity index (χ1n) is 11.1. The Morgan fingerprint density at radius 3 is 2.54 bits per heavy atom. The third-order valence-corrected chi connectivity index (χ3v) is 6.51. The van der Waals surface area contributed by atoms with Crippen molar-refractivity contribution in [2.75, 3.05) is 25.1 Å². The minimum absolute atomic E-state index is 0.221. The highest BCUT2D eigenvalue weighted by Crippen LogP contribution is 2.39. The molecule has 0 spiro atoms. The van der Waals surface area contributed by atoms with Gasteiger partial charge in [0.2, 0.25) is 5.91 Å². The van der Waals surface area contributed by atoms with Gasteiger partial charge in [-0.05, 0) is 82.0 Å². The molecule has 3 rings (SSSR count). The van der Waals surface area contributed by atoms with Crippen molar-refractivity contribution >= 4 is 56.5 Å². The third kappa shape index (κ3) is 6.76. The second kappa shape index (κ2) is 12.1. The molecule has 184 valence electrons. The zero-order valence-electron chi connectivity index (χ0n) is 19.8. The first-order chi connectivity index (χ1) is 16.7. The summed E-state index contributed by atoms with van der Waals surface area (Å²) >= 11 is 4.26. The van der Waals surface area contributed by atoms with Gasteiger partial charge in [-0.25, -0.2) is 0 Å². The molecular weight excluding hydrogens is 532 g/mol. The maximum absolute atomic E-state index is 12.9. The predicted octanol–water partition coefficient (Wildman–Crippen LogP) is 6.21. The van der Waals surface area contributed by atoms with Gasteiger partial charge < -0.3 is 14.8 Å². The highest BCUT2D eigenvalue weighted by molar-refractivity contribution is 9.10. The fraction of sp³-hybridized carbons (Fsp3) is 0.269. The zero-order valence-corrected chi connectivity index (χ0v) is 22.2. The van der Waals surface area contributed by atoms with Crippen LogP contribution in [-0.4, -0.2) is 41.7 Å². The topological polar surface area (TPSA) is 84.9 Å². The maximum atomic E-state index is 12.9. The van der Waals surface area contributed by atoms with E-state index >= 15 is 0 Å². The molecule has 7 nitrogen and oxygen atoms in total. The summed E-state index contributed by atoms with van der Waals surface area (Å²) in [6, 6.07) is 11.0. The molecule has 1 aliphatic heterocycles. The van der Waals surface area contributed by atoms with Crippen molar-refractivity contribution in [1.29, 1.82) is 0 Å². The SMILES string of the molecule is C=CCOc1c(Br)cc(/C=C2/SC(=O)N(CC(=O)Nc3ccc(C(C)C)cc3)C2=O)cc1OCC. The van der Waals surface area contributed by atoms with Crippen LogP contribution in [0.2, 0.25) is 0 Å². The van der Waals surface area contributed by atoms with Gasteiger partial charge in [-0.2, -0.15) is 0 Å². The van der Waals surface area contributed by atoms with Crippen molar-refractivity contribution in [3.63, 3.8) is 0 Å².